The first kappa shape index (κ1) is 11.6. The van der Waals surface area contributed by atoms with Crippen LogP contribution in [0.5, 0.6) is 0 Å². The smallest absolute Gasteiger partial charge is 0.193 e. The van der Waals surface area contributed by atoms with Gasteiger partial charge in [-0.15, -0.1) is 0 Å². The molecule has 0 aromatic heterocycles. The van der Waals surface area contributed by atoms with Gasteiger partial charge in [-0.05, 0) is 47.7 Å². The van der Waals surface area contributed by atoms with Crippen LogP contribution in [0, 0.1) is 3.57 Å². The topological polar surface area (TPSA) is 50.4 Å². The molecule has 0 aliphatic heterocycles. The fourth-order valence-electron chi connectivity index (χ4n) is 0.939. The molecule has 0 amide bonds. The molecule has 76 valence electrons. The zero-order valence-electron chi connectivity index (χ0n) is 7.72. The van der Waals surface area contributed by atoms with E-state index >= 15 is 0 Å². The predicted molar refractivity (Wildman–Crippen MR) is 70.0 cm³/mol. The van der Waals surface area contributed by atoms with Crippen molar-refractivity contribution >= 4 is 45.8 Å². The van der Waals surface area contributed by atoms with Gasteiger partial charge >= 0.3 is 0 Å². The lowest BCUT2D eigenvalue weighted by atomic mass is 10.3. The molecule has 0 fully saturated rings. The van der Waals surface area contributed by atoms with E-state index in [4.69, 9.17) is 17.3 Å². The SMILES string of the molecule is CCN=C(N)Nc1ccc(I)cc1Cl. The zero-order valence-corrected chi connectivity index (χ0v) is 10.6. The second-order valence-corrected chi connectivity index (χ2v) is 4.26. The number of anilines is 1. The van der Waals surface area contributed by atoms with Gasteiger partial charge in [0.25, 0.3) is 0 Å². The van der Waals surface area contributed by atoms with Crippen molar-refractivity contribution in [3.63, 3.8) is 0 Å². The maximum atomic E-state index is 6.00. The van der Waals surface area contributed by atoms with Crippen molar-refractivity contribution in [3.05, 3.63) is 26.8 Å². The highest BCUT2D eigenvalue weighted by Gasteiger charge is 2.01. The maximum absolute atomic E-state index is 6.00. The first-order chi connectivity index (χ1) is 6.63. The lowest BCUT2D eigenvalue weighted by Crippen LogP contribution is -2.22. The van der Waals surface area contributed by atoms with E-state index in [1.165, 1.54) is 0 Å². The van der Waals surface area contributed by atoms with E-state index in [-0.39, 0.29) is 0 Å². The molecule has 5 heteroatoms. The van der Waals surface area contributed by atoms with Crippen molar-refractivity contribution in [1.29, 1.82) is 0 Å². The largest absolute Gasteiger partial charge is 0.370 e. The van der Waals surface area contributed by atoms with Gasteiger partial charge in [-0.25, -0.2) is 0 Å². The van der Waals surface area contributed by atoms with E-state index in [0.29, 0.717) is 17.5 Å². The second-order valence-electron chi connectivity index (χ2n) is 2.61. The average molecular weight is 324 g/mol. The lowest BCUT2D eigenvalue weighted by molar-refractivity contribution is 1.12. The third kappa shape index (κ3) is 3.34. The van der Waals surface area contributed by atoms with E-state index in [1.807, 2.05) is 25.1 Å². The van der Waals surface area contributed by atoms with Gasteiger partial charge in [-0.1, -0.05) is 11.6 Å². The Labute approximate surface area is 102 Å². The van der Waals surface area contributed by atoms with Crippen LogP contribution in [0.15, 0.2) is 23.2 Å². The molecule has 0 saturated carbocycles. The van der Waals surface area contributed by atoms with Gasteiger partial charge in [0.05, 0.1) is 10.7 Å². The Balaban J connectivity index is 2.82. The molecule has 3 N–H and O–H groups in total. The number of nitrogens with two attached hydrogens (primary N) is 1. The minimum Gasteiger partial charge on any atom is -0.370 e. The van der Waals surface area contributed by atoms with E-state index < -0.39 is 0 Å². The number of hydrogen-bond acceptors (Lipinski definition) is 1. The summed E-state index contributed by atoms with van der Waals surface area (Å²) in [4.78, 5) is 4.01. The number of nitrogens with zero attached hydrogens (tertiary/aromatic N) is 1. The summed E-state index contributed by atoms with van der Waals surface area (Å²) in [6.07, 6.45) is 0. The van der Waals surface area contributed by atoms with Crippen LogP contribution in [0.25, 0.3) is 0 Å². The molecule has 0 unspecified atom stereocenters. The molecule has 14 heavy (non-hydrogen) atoms. The molecule has 0 radical (unpaired) electrons. The molecule has 0 aliphatic rings. The van der Waals surface area contributed by atoms with Crippen molar-refractivity contribution in [1.82, 2.24) is 0 Å². The molecule has 3 nitrogen and oxygen atoms in total. The summed E-state index contributed by atoms with van der Waals surface area (Å²) in [6.45, 7) is 2.57. The molecule has 0 bridgehead atoms. The maximum Gasteiger partial charge on any atom is 0.193 e. The highest BCUT2D eigenvalue weighted by atomic mass is 127. The number of nitrogens with one attached hydrogen (secondary N) is 1. The Hall–Kier alpha value is -0.490. The van der Waals surface area contributed by atoms with Gasteiger partial charge in [-0.3, -0.25) is 4.99 Å². The van der Waals surface area contributed by atoms with Crippen molar-refractivity contribution in [2.45, 2.75) is 6.92 Å². The van der Waals surface area contributed by atoms with Crippen molar-refractivity contribution < 1.29 is 0 Å². The van der Waals surface area contributed by atoms with E-state index in [2.05, 4.69) is 32.9 Å². The van der Waals surface area contributed by atoms with Gasteiger partial charge in [0.15, 0.2) is 5.96 Å². The Morgan fingerprint density at radius 2 is 2.36 bits per heavy atom. The quantitative estimate of drug-likeness (QED) is 0.499. The first-order valence-electron chi connectivity index (χ1n) is 4.15. The van der Waals surface area contributed by atoms with Gasteiger partial charge < -0.3 is 11.1 Å². The normalized spacial score (nSPS) is 11.5. The fourth-order valence-corrected chi connectivity index (χ4v) is 1.84. The summed E-state index contributed by atoms with van der Waals surface area (Å²) in [7, 11) is 0. The molecule has 0 heterocycles. The molecule has 0 saturated heterocycles. The van der Waals surface area contributed by atoms with Crippen molar-refractivity contribution in [3.8, 4) is 0 Å². The highest BCUT2D eigenvalue weighted by Crippen LogP contribution is 2.23. The van der Waals surface area contributed by atoms with Crippen LogP contribution in [0.3, 0.4) is 0 Å². The number of halogens is 2. The average Bonchev–Trinajstić information content (AvgIpc) is 2.10. The van der Waals surface area contributed by atoms with Crippen LogP contribution < -0.4 is 11.1 Å². The molecule has 1 aromatic rings. The monoisotopic (exact) mass is 323 g/mol. The van der Waals surface area contributed by atoms with Crippen LogP contribution in [0.2, 0.25) is 5.02 Å². The van der Waals surface area contributed by atoms with Crippen molar-refractivity contribution in [2.75, 3.05) is 11.9 Å². The van der Waals surface area contributed by atoms with Crippen LogP contribution in [0.1, 0.15) is 6.92 Å². The number of guanidine groups is 1. The van der Waals surface area contributed by atoms with Crippen LogP contribution in [-0.4, -0.2) is 12.5 Å². The minimum absolute atomic E-state index is 0.385. The Morgan fingerprint density at radius 1 is 1.64 bits per heavy atom. The summed E-state index contributed by atoms with van der Waals surface area (Å²) in [5, 5.41) is 3.58. The Kier molecular flexibility index (Phi) is 4.47. The Morgan fingerprint density at radius 3 is 2.93 bits per heavy atom. The van der Waals surface area contributed by atoms with E-state index in [1.54, 1.807) is 0 Å². The van der Waals surface area contributed by atoms with Gasteiger partial charge in [0.1, 0.15) is 0 Å². The number of rotatable bonds is 2. The summed E-state index contributed by atoms with van der Waals surface area (Å²) in [5.74, 6) is 0.385. The summed E-state index contributed by atoms with van der Waals surface area (Å²) >= 11 is 8.19. The number of aliphatic imine (C=N–C) groups is 1. The molecular weight excluding hydrogens is 312 g/mol. The zero-order chi connectivity index (χ0) is 10.6. The van der Waals surface area contributed by atoms with Gasteiger partial charge in [0, 0.05) is 10.1 Å². The molecule has 0 atom stereocenters. The molecule has 1 aromatic carbocycles. The van der Waals surface area contributed by atoms with Crippen LogP contribution in [-0.2, 0) is 0 Å². The lowest BCUT2D eigenvalue weighted by Gasteiger charge is -2.07. The predicted octanol–water partition coefficient (Wildman–Crippen LogP) is 2.69. The van der Waals surface area contributed by atoms with Crippen LogP contribution >= 0.6 is 34.2 Å². The third-order valence-corrected chi connectivity index (χ3v) is 2.51. The summed E-state index contributed by atoms with van der Waals surface area (Å²) < 4.78 is 1.09. The standard InChI is InChI=1S/C9H11ClIN3/c1-2-13-9(12)14-8-4-3-6(11)5-7(8)10/h3-5H,2H2,1H3,(H3,12,13,14). The second kappa shape index (κ2) is 5.41. The third-order valence-electron chi connectivity index (χ3n) is 1.52. The van der Waals surface area contributed by atoms with Crippen LogP contribution in [0.4, 0.5) is 5.69 Å². The molecule has 0 spiro atoms. The number of hydrogen-bond donors (Lipinski definition) is 2. The first-order valence-corrected chi connectivity index (χ1v) is 5.61. The fraction of sp³-hybridized carbons (Fsp3) is 0.222. The summed E-state index contributed by atoms with van der Waals surface area (Å²) in [6, 6.07) is 5.69. The van der Waals surface area contributed by atoms with E-state index in [9.17, 15) is 0 Å². The molecular formula is C9H11ClIN3. The van der Waals surface area contributed by atoms with E-state index in [0.717, 1.165) is 9.26 Å². The molecule has 0 aliphatic carbocycles. The van der Waals surface area contributed by atoms with Crippen molar-refractivity contribution in [2.24, 2.45) is 10.7 Å². The number of benzene rings is 1. The molecule has 1 rings (SSSR count). The summed E-state index contributed by atoms with van der Waals surface area (Å²) in [5.41, 5.74) is 6.38. The van der Waals surface area contributed by atoms with Gasteiger partial charge in [-0.2, -0.15) is 0 Å². The van der Waals surface area contributed by atoms with Gasteiger partial charge in [0.2, 0.25) is 0 Å². The minimum atomic E-state index is 0.385. The highest BCUT2D eigenvalue weighted by molar-refractivity contribution is 14.1. The Bertz CT molecular complexity index is 352.